The Morgan fingerprint density at radius 2 is 1.90 bits per heavy atom. The molecule has 0 aliphatic carbocycles. The van der Waals surface area contributed by atoms with E-state index < -0.39 is 0 Å². The molecule has 2 atom stereocenters. The molecular formula is C23H24N6O2. The summed E-state index contributed by atoms with van der Waals surface area (Å²) < 4.78 is 5.87. The third kappa shape index (κ3) is 4.15. The van der Waals surface area contributed by atoms with Gasteiger partial charge in [-0.2, -0.15) is 10.1 Å². The second kappa shape index (κ2) is 7.88. The molecule has 8 nitrogen and oxygen atoms in total. The van der Waals surface area contributed by atoms with Gasteiger partial charge in [0.15, 0.2) is 0 Å². The maximum atomic E-state index is 9.95. The number of nitrogens with one attached hydrogen (secondary N) is 2. The minimum absolute atomic E-state index is 0.0942. The second-order valence-electron chi connectivity index (χ2n) is 7.95. The van der Waals surface area contributed by atoms with E-state index in [2.05, 4.69) is 34.3 Å². The van der Waals surface area contributed by atoms with Crippen LogP contribution in [0.3, 0.4) is 0 Å². The number of aromatic nitrogens is 4. The predicted molar refractivity (Wildman–Crippen MR) is 121 cm³/mol. The molecule has 5 rings (SSSR count). The lowest BCUT2D eigenvalue weighted by molar-refractivity contribution is -0.00570. The molecule has 0 saturated carbocycles. The zero-order valence-corrected chi connectivity index (χ0v) is 17.4. The zero-order chi connectivity index (χ0) is 21.4. The summed E-state index contributed by atoms with van der Waals surface area (Å²) in [6.07, 6.45) is 1.98. The van der Waals surface area contributed by atoms with Crippen LogP contribution in [-0.4, -0.2) is 50.6 Å². The molecular weight excluding hydrogens is 392 g/mol. The van der Waals surface area contributed by atoms with Gasteiger partial charge in [0.2, 0.25) is 5.95 Å². The maximum Gasteiger partial charge on any atom is 0.228 e. The highest BCUT2D eigenvalue weighted by atomic mass is 16.5. The SMILES string of the molecule is C[C@@H]1CN(c2nc(Nc3ccc4[nH]ncc4c3)cc(-c3cccc(O)c3)n2)C[C@H](C)O1. The molecule has 1 saturated heterocycles. The van der Waals surface area contributed by atoms with Crippen LogP contribution in [0.15, 0.2) is 54.7 Å². The molecule has 2 aromatic carbocycles. The average Bonchev–Trinajstić information content (AvgIpc) is 3.21. The molecule has 0 spiro atoms. The van der Waals surface area contributed by atoms with Gasteiger partial charge in [-0.1, -0.05) is 12.1 Å². The predicted octanol–water partition coefficient (Wildman–Crippen LogP) is 4.08. The van der Waals surface area contributed by atoms with Crippen molar-refractivity contribution in [1.82, 2.24) is 20.2 Å². The highest BCUT2D eigenvalue weighted by molar-refractivity contribution is 5.83. The third-order valence-electron chi connectivity index (χ3n) is 5.27. The smallest absolute Gasteiger partial charge is 0.228 e. The molecule has 158 valence electrons. The molecule has 3 heterocycles. The topological polar surface area (TPSA) is 99.2 Å². The van der Waals surface area contributed by atoms with E-state index in [-0.39, 0.29) is 18.0 Å². The van der Waals surface area contributed by atoms with E-state index >= 15 is 0 Å². The highest BCUT2D eigenvalue weighted by Crippen LogP contribution is 2.29. The molecule has 1 aliphatic heterocycles. The summed E-state index contributed by atoms with van der Waals surface area (Å²) in [6, 6.07) is 15.0. The van der Waals surface area contributed by atoms with E-state index in [0.29, 0.717) is 24.9 Å². The fraction of sp³-hybridized carbons (Fsp3) is 0.261. The first-order valence-corrected chi connectivity index (χ1v) is 10.3. The Balaban J connectivity index is 1.55. The standard InChI is InChI=1S/C23H24N6O2/c1-14-12-29(13-15(2)31-14)23-26-21(16-4-3-5-19(30)9-16)10-22(27-23)25-18-6-7-20-17(8-18)11-24-28-20/h3-11,14-15,30H,12-13H2,1-2H3,(H,24,28)(H,25,26,27)/t14-,15+. The number of phenols is 1. The number of ether oxygens (including phenoxy) is 1. The number of aromatic hydroxyl groups is 1. The van der Waals surface area contributed by atoms with E-state index in [4.69, 9.17) is 14.7 Å². The molecule has 1 aliphatic rings. The maximum absolute atomic E-state index is 9.95. The van der Waals surface area contributed by atoms with Crippen LogP contribution in [0.25, 0.3) is 22.2 Å². The van der Waals surface area contributed by atoms with Crippen LogP contribution in [0, 0.1) is 0 Å². The van der Waals surface area contributed by atoms with Crippen molar-refractivity contribution in [3.63, 3.8) is 0 Å². The number of anilines is 3. The van der Waals surface area contributed by atoms with Crippen LogP contribution in [0.5, 0.6) is 5.75 Å². The minimum Gasteiger partial charge on any atom is -0.508 e. The Morgan fingerprint density at radius 3 is 2.71 bits per heavy atom. The number of rotatable bonds is 4. The van der Waals surface area contributed by atoms with Crippen LogP contribution in [0.4, 0.5) is 17.5 Å². The van der Waals surface area contributed by atoms with Crippen molar-refractivity contribution >= 4 is 28.4 Å². The lowest BCUT2D eigenvalue weighted by Gasteiger charge is -2.35. The van der Waals surface area contributed by atoms with Crippen LogP contribution >= 0.6 is 0 Å². The molecule has 0 radical (unpaired) electrons. The molecule has 0 bridgehead atoms. The van der Waals surface area contributed by atoms with Gasteiger partial charge in [-0.3, -0.25) is 5.10 Å². The number of aromatic amines is 1. The highest BCUT2D eigenvalue weighted by Gasteiger charge is 2.25. The Labute approximate surface area is 179 Å². The summed E-state index contributed by atoms with van der Waals surface area (Å²) >= 11 is 0. The Kier molecular flexibility index (Phi) is 4.91. The van der Waals surface area contributed by atoms with Crippen LogP contribution in [-0.2, 0) is 4.74 Å². The molecule has 0 amide bonds. The lowest BCUT2D eigenvalue weighted by atomic mass is 10.1. The van der Waals surface area contributed by atoms with E-state index in [1.165, 1.54) is 0 Å². The summed E-state index contributed by atoms with van der Waals surface area (Å²) in [7, 11) is 0. The van der Waals surface area contributed by atoms with Crippen LogP contribution < -0.4 is 10.2 Å². The third-order valence-corrected chi connectivity index (χ3v) is 5.27. The molecule has 1 fully saturated rings. The Bertz CT molecular complexity index is 1210. The van der Waals surface area contributed by atoms with Crippen LogP contribution in [0.1, 0.15) is 13.8 Å². The number of fused-ring (bicyclic) bond motifs is 1. The normalized spacial score (nSPS) is 19.0. The fourth-order valence-electron chi connectivity index (χ4n) is 3.96. The van der Waals surface area contributed by atoms with E-state index in [1.54, 1.807) is 18.3 Å². The minimum atomic E-state index is 0.0942. The zero-order valence-electron chi connectivity index (χ0n) is 17.4. The lowest BCUT2D eigenvalue weighted by Crippen LogP contribution is -2.46. The van der Waals surface area contributed by atoms with Gasteiger partial charge in [0.25, 0.3) is 0 Å². The van der Waals surface area contributed by atoms with Crippen molar-refractivity contribution in [1.29, 1.82) is 0 Å². The summed E-state index contributed by atoms with van der Waals surface area (Å²) in [5, 5.41) is 21.4. The van der Waals surface area contributed by atoms with Gasteiger partial charge < -0.3 is 20.1 Å². The van der Waals surface area contributed by atoms with Gasteiger partial charge in [0, 0.05) is 35.8 Å². The van der Waals surface area contributed by atoms with Crippen molar-refractivity contribution in [3.05, 3.63) is 54.7 Å². The van der Waals surface area contributed by atoms with E-state index in [0.717, 1.165) is 27.8 Å². The van der Waals surface area contributed by atoms with Gasteiger partial charge >= 0.3 is 0 Å². The van der Waals surface area contributed by atoms with Gasteiger partial charge in [0.1, 0.15) is 11.6 Å². The van der Waals surface area contributed by atoms with Gasteiger partial charge in [-0.05, 0) is 44.2 Å². The summed E-state index contributed by atoms with van der Waals surface area (Å²) in [6.45, 7) is 5.55. The first-order chi connectivity index (χ1) is 15.0. The number of nitrogens with zero attached hydrogens (tertiary/aromatic N) is 4. The largest absolute Gasteiger partial charge is 0.508 e. The van der Waals surface area contributed by atoms with Crippen LogP contribution in [0.2, 0.25) is 0 Å². The first kappa shape index (κ1) is 19.3. The molecule has 31 heavy (non-hydrogen) atoms. The molecule has 4 aromatic rings. The summed E-state index contributed by atoms with van der Waals surface area (Å²) in [5.41, 5.74) is 3.45. The quantitative estimate of drug-likeness (QED) is 0.461. The number of morpholine rings is 1. The van der Waals surface area contributed by atoms with E-state index in [1.807, 2.05) is 36.4 Å². The van der Waals surface area contributed by atoms with E-state index in [9.17, 15) is 5.11 Å². The van der Waals surface area contributed by atoms with Gasteiger partial charge in [-0.25, -0.2) is 4.98 Å². The average molecular weight is 416 g/mol. The number of H-pyrrole nitrogens is 1. The van der Waals surface area contributed by atoms with Crippen molar-refractivity contribution < 1.29 is 9.84 Å². The fourth-order valence-corrected chi connectivity index (χ4v) is 3.96. The Hall–Kier alpha value is -3.65. The Morgan fingerprint density at radius 1 is 1.06 bits per heavy atom. The van der Waals surface area contributed by atoms with Crippen molar-refractivity contribution in [2.45, 2.75) is 26.1 Å². The first-order valence-electron chi connectivity index (χ1n) is 10.3. The number of hydrogen-bond donors (Lipinski definition) is 3. The van der Waals surface area contributed by atoms with Crippen molar-refractivity contribution in [3.8, 4) is 17.0 Å². The van der Waals surface area contributed by atoms with Gasteiger partial charge in [-0.15, -0.1) is 0 Å². The summed E-state index contributed by atoms with van der Waals surface area (Å²) in [5.74, 6) is 1.51. The molecule has 3 N–H and O–H groups in total. The second-order valence-corrected chi connectivity index (χ2v) is 7.95. The number of phenolic OH excluding ortho intramolecular Hbond substituents is 1. The molecule has 8 heteroatoms. The number of hydrogen-bond acceptors (Lipinski definition) is 7. The van der Waals surface area contributed by atoms with Crippen molar-refractivity contribution in [2.24, 2.45) is 0 Å². The molecule has 2 aromatic heterocycles. The molecule has 0 unspecified atom stereocenters. The monoisotopic (exact) mass is 416 g/mol. The van der Waals surface area contributed by atoms with Gasteiger partial charge in [0.05, 0.1) is 29.6 Å². The summed E-state index contributed by atoms with van der Waals surface area (Å²) in [4.78, 5) is 11.8. The number of benzene rings is 2. The van der Waals surface area contributed by atoms with Crippen molar-refractivity contribution in [2.75, 3.05) is 23.3 Å².